The van der Waals surface area contributed by atoms with Crippen molar-refractivity contribution in [2.45, 2.75) is 13.1 Å². The molecule has 1 aliphatic rings. The van der Waals surface area contributed by atoms with Gasteiger partial charge in [-0.2, -0.15) is 13.2 Å². The fourth-order valence-electron chi connectivity index (χ4n) is 2.63. The highest BCUT2D eigenvalue weighted by molar-refractivity contribution is 9.10. The normalized spacial score (nSPS) is 15.9. The van der Waals surface area contributed by atoms with Gasteiger partial charge in [-0.15, -0.1) is 0 Å². The van der Waals surface area contributed by atoms with E-state index in [1.807, 2.05) is 4.90 Å². The number of aromatic nitrogens is 2. The van der Waals surface area contributed by atoms with Gasteiger partial charge in [-0.25, -0.2) is 4.98 Å². The lowest BCUT2D eigenvalue weighted by Gasteiger charge is -2.34. The maximum Gasteiger partial charge on any atom is 0.416 e. The molecule has 2 aromatic rings. The van der Waals surface area contributed by atoms with E-state index in [9.17, 15) is 18.0 Å². The standard InChI is InChI=1S/C15H14BrF3N4O/c1-9(24)22-2-4-23(5-3-22)13-8-20-12-7-10(15(17,18)19)6-11(16)14(12)21-13/h6-8H,2-5H2,1H3. The molecule has 1 aromatic carbocycles. The van der Waals surface area contributed by atoms with Crippen molar-refractivity contribution < 1.29 is 18.0 Å². The number of alkyl halides is 3. The summed E-state index contributed by atoms with van der Waals surface area (Å²) in [6, 6.07) is 2.00. The van der Waals surface area contributed by atoms with E-state index in [-0.39, 0.29) is 15.9 Å². The molecule has 0 bridgehead atoms. The van der Waals surface area contributed by atoms with Gasteiger partial charge in [0.1, 0.15) is 11.3 Å². The van der Waals surface area contributed by atoms with Crippen LogP contribution in [-0.2, 0) is 11.0 Å². The number of carbonyl (C=O) groups excluding carboxylic acids is 1. The Morgan fingerprint density at radius 2 is 1.88 bits per heavy atom. The van der Waals surface area contributed by atoms with Crippen LogP contribution in [0.4, 0.5) is 19.0 Å². The zero-order valence-electron chi connectivity index (χ0n) is 12.8. The van der Waals surface area contributed by atoms with Crippen molar-refractivity contribution in [3.63, 3.8) is 0 Å². The van der Waals surface area contributed by atoms with Crippen LogP contribution >= 0.6 is 15.9 Å². The third-order valence-electron chi connectivity index (χ3n) is 3.97. The number of amides is 1. The van der Waals surface area contributed by atoms with Crippen molar-refractivity contribution >= 4 is 38.7 Å². The van der Waals surface area contributed by atoms with Crippen LogP contribution in [0.3, 0.4) is 0 Å². The summed E-state index contributed by atoms with van der Waals surface area (Å²) >= 11 is 3.15. The lowest BCUT2D eigenvalue weighted by atomic mass is 10.2. The number of benzene rings is 1. The van der Waals surface area contributed by atoms with Crippen LogP contribution < -0.4 is 4.90 Å². The zero-order valence-corrected chi connectivity index (χ0v) is 14.4. The summed E-state index contributed by atoms with van der Waals surface area (Å²) in [6.07, 6.45) is -2.96. The van der Waals surface area contributed by atoms with Gasteiger partial charge in [0.05, 0.1) is 17.3 Å². The SMILES string of the molecule is CC(=O)N1CCN(c2cnc3cc(C(F)(F)F)cc(Br)c3n2)CC1. The minimum Gasteiger partial charge on any atom is -0.352 e. The fraction of sp³-hybridized carbons (Fsp3) is 0.400. The molecule has 1 amide bonds. The molecular formula is C15H14BrF3N4O. The third-order valence-corrected chi connectivity index (χ3v) is 4.57. The van der Waals surface area contributed by atoms with Crippen LogP contribution in [-0.4, -0.2) is 47.0 Å². The Morgan fingerprint density at radius 1 is 1.21 bits per heavy atom. The summed E-state index contributed by atoms with van der Waals surface area (Å²) in [5.74, 6) is 0.618. The Balaban J connectivity index is 1.90. The van der Waals surface area contributed by atoms with Crippen molar-refractivity contribution in [3.05, 3.63) is 28.4 Å². The van der Waals surface area contributed by atoms with E-state index in [0.29, 0.717) is 37.5 Å². The average molecular weight is 403 g/mol. The zero-order chi connectivity index (χ0) is 17.5. The van der Waals surface area contributed by atoms with Crippen molar-refractivity contribution in [2.75, 3.05) is 31.1 Å². The first-order valence-electron chi connectivity index (χ1n) is 7.29. The largest absolute Gasteiger partial charge is 0.416 e. The smallest absolute Gasteiger partial charge is 0.352 e. The van der Waals surface area contributed by atoms with E-state index in [1.54, 1.807) is 4.90 Å². The van der Waals surface area contributed by atoms with Crippen LogP contribution in [0.25, 0.3) is 11.0 Å². The van der Waals surface area contributed by atoms with Crippen molar-refractivity contribution in [1.29, 1.82) is 0 Å². The van der Waals surface area contributed by atoms with Crippen LogP contribution in [0.2, 0.25) is 0 Å². The molecule has 3 rings (SSSR count). The van der Waals surface area contributed by atoms with Crippen LogP contribution in [0.15, 0.2) is 22.8 Å². The lowest BCUT2D eigenvalue weighted by Crippen LogP contribution is -2.48. The van der Waals surface area contributed by atoms with Gasteiger partial charge < -0.3 is 9.80 Å². The first kappa shape index (κ1) is 16.9. The number of anilines is 1. The molecule has 1 saturated heterocycles. The van der Waals surface area contributed by atoms with Gasteiger partial charge >= 0.3 is 6.18 Å². The van der Waals surface area contributed by atoms with Gasteiger partial charge in [0.2, 0.25) is 5.91 Å². The summed E-state index contributed by atoms with van der Waals surface area (Å²) in [5, 5.41) is 0. The van der Waals surface area contributed by atoms with E-state index >= 15 is 0 Å². The lowest BCUT2D eigenvalue weighted by molar-refractivity contribution is -0.137. The molecule has 0 N–H and O–H groups in total. The molecular weight excluding hydrogens is 389 g/mol. The Kier molecular flexibility index (Phi) is 4.37. The minimum absolute atomic E-state index is 0.0293. The summed E-state index contributed by atoms with van der Waals surface area (Å²) in [4.78, 5) is 23.6. The molecule has 0 atom stereocenters. The van der Waals surface area contributed by atoms with Gasteiger partial charge in [-0.05, 0) is 28.1 Å². The number of rotatable bonds is 1. The molecule has 128 valence electrons. The molecule has 9 heteroatoms. The van der Waals surface area contributed by atoms with Crippen molar-refractivity contribution in [3.8, 4) is 0 Å². The molecule has 2 heterocycles. The van der Waals surface area contributed by atoms with Crippen molar-refractivity contribution in [1.82, 2.24) is 14.9 Å². The molecule has 0 saturated carbocycles. The Hall–Kier alpha value is -1.90. The number of halogens is 4. The molecule has 1 aliphatic heterocycles. The number of nitrogens with zero attached hydrogens (tertiary/aromatic N) is 4. The molecule has 0 spiro atoms. The monoisotopic (exact) mass is 402 g/mol. The predicted octanol–water partition coefficient (Wildman–Crippen LogP) is 3.08. The molecule has 0 radical (unpaired) electrons. The van der Waals surface area contributed by atoms with Gasteiger partial charge in [-0.1, -0.05) is 0 Å². The van der Waals surface area contributed by atoms with Gasteiger partial charge in [0.25, 0.3) is 0 Å². The average Bonchev–Trinajstić information content (AvgIpc) is 2.53. The Labute approximate surface area is 144 Å². The molecule has 5 nitrogen and oxygen atoms in total. The highest BCUT2D eigenvalue weighted by Crippen LogP contribution is 2.34. The highest BCUT2D eigenvalue weighted by atomic mass is 79.9. The molecule has 24 heavy (non-hydrogen) atoms. The Bertz CT molecular complexity index is 788. The molecule has 0 aliphatic carbocycles. The first-order chi connectivity index (χ1) is 11.3. The summed E-state index contributed by atoms with van der Waals surface area (Å²) in [7, 11) is 0. The van der Waals surface area contributed by atoms with Crippen molar-refractivity contribution in [2.24, 2.45) is 0 Å². The Morgan fingerprint density at radius 3 is 2.46 bits per heavy atom. The highest BCUT2D eigenvalue weighted by Gasteiger charge is 2.31. The molecule has 1 aromatic heterocycles. The molecule has 1 fully saturated rings. The summed E-state index contributed by atoms with van der Waals surface area (Å²) < 4.78 is 38.8. The van der Waals surface area contributed by atoms with Gasteiger partial charge in [0.15, 0.2) is 0 Å². The topological polar surface area (TPSA) is 49.3 Å². The summed E-state index contributed by atoms with van der Waals surface area (Å²) in [5.41, 5.74) is -0.198. The first-order valence-corrected chi connectivity index (χ1v) is 8.09. The van der Waals surface area contributed by atoms with E-state index in [0.717, 1.165) is 12.1 Å². The van der Waals surface area contributed by atoms with Gasteiger partial charge in [-0.3, -0.25) is 9.78 Å². The maximum absolute atomic E-state index is 12.9. The fourth-order valence-corrected chi connectivity index (χ4v) is 3.17. The van der Waals surface area contributed by atoms with E-state index in [1.165, 1.54) is 13.1 Å². The molecule has 0 unspecified atom stereocenters. The maximum atomic E-state index is 12.9. The number of fused-ring (bicyclic) bond motifs is 1. The minimum atomic E-state index is -4.43. The second kappa shape index (κ2) is 6.19. The predicted molar refractivity (Wildman–Crippen MR) is 86.7 cm³/mol. The number of piperazine rings is 1. The van der Waals surface area contributed by atoms with E-state index in [2.05, 4.69) is 25.9 Å². The van der Waals surface area contributed by atoms with E-state index < -0.39 is 11.7 Å². The third kappa shape index (κ3) is 3.31. The number of hydrogen-bond donors (Lipinski definition) is 0. The van der Waals surface area contributed by atoms with E-state index in [4.69, 9.17) is 0 Å². The van der Waals surface area contributed by atoms with Crippen LogP contribution in [0.5, 0.6) is 0 Å². The second-order valence-corrected chi connectivity index (χ2v) is 6.40. The van der Waals surface area contributed by atoms with Gasteiger partial charge in [0, 0.05) is 37.6 Å². The van der Waals surface area contributed by atoms with Crippen LogP contribution in [0, 0.1) is 0 Å². The second-order valence-electron chi connectivity index (χ2n) is 5.54. The number of hydrogen-bond acceptors (Lipinski definition) is 4. The summed E-state index contributed by atoms with van der Waals surface area (Å²) in [6.45, 7) is 3.92. The van der Waals surface area contributed by atoms with Crippen LogP contribution in [0.1, 0.15) is 12.5 Å². The quantitative estimate of drug-likeness (QED) is 0.735. The number of carbonyl (C=O) groups is 1.